The molecule has 4 fully saturated rings. The maximum absolute atomic E-state index is 13.5. The molecule has 4 aliphatic rings. The fourth-order valence-electron chi connectivity index (χ4n) is 6.57. The highest BCUT2D eigenvalue weighted by Crippen LogP contribution is 2.47. The van der Waals surface area contributed by atoms with Crippen LogP contribution >= 0.6 is 35.1 Å². The molecular weight excluding hydrogens is 597 g/mol. The molecule has 2 bridgehead atoms. The molecule has 3 aromatic rings. The van der Waals surface area contributed by atoms with E-state index in [1.54, 1.807) is 30.3 Å². The number of hydrogen-bond donors (Lipinski definition) is 2. The van der Waals surface area contributed by atoms with E-state index in [4.69, 9.17) is 32.5 Å². The lowest BCUT2D eigenvalue weighted by Crippen LogP contribution is -2.43. The molecule has 42 heavy (non-hydrogen) atoms. The lowest BCUT2D eigenvalue weighted by molar-refractivity contribution is -0.126. The average Bonchev–Trinajstić information content (AvgIpc) is 3.25. The topological polar surface area (TPSA) is 105 Å². The van der Waals surface area contributed by atoms with Crippen molar-refractivity contribution >= 4 is 52.7 Å². The van der Waals surface area contributed by atoms with Crippen molar-refractivity contribution in [1.82, 2.24) is 9.88 Å². The van der Waals surface area contributed by atoms with Gasteiger partial charge in [-0.2, -0.15) is 0 Å². The first kappa shape index (κ1) is 28.2. The predicted octanol–water partition coefficient (Wildman–Crippen LogP) is 6.53. The van der Waals surface area contributed by atoms with Gasteiger partial charge in [0.2, 0.25) is 5.91 Å². The van der Waals surface area contributed by atoms with Crippen LogP contribution in [0.3, 0.4) is 0 Å². The van der Waals surface area contributed by atoms with Crippen LogP contribution in [0.15, 0.2) is 47.0 Å². The SMILES string of the molecule is O=C(NS[C@@H]1CCC[C@H]1O)c1ccc(N2C(=O)[C@@H]3C[C@H]2C[C@H]3OCc2c(-c3c(Cl)cccc3Cl)noc2C2CC2)cc1. The van der Waals surface area contributed by atoms with Gasteiger partial charge in [-0.05, 0) is 93.3 Å². The van der Waals surface area contributed by atoms with Crippen LogP contribution in [0.2, 0.25) is 10.0 Å². The number of fused-ring (bicyclic) bond motifs is 2. The van der Waals surface area contributed by atoms with Crippen molar-refractivity contribution in [3.63, 3.8) is 0 Å². The Labute approximate surface area is 258 Å². The summed E-state index contributed by atoms with van der Waals surface area (Å²) in [6.45, 7) is 0.271. The second-order valence-corrected chi connectivity index (χ2v) is 13.5. The first-order chi connectivity index (χ1) is 20.4. The molecule has 0 unspecified atom stereocenters. The summed E-state index contributed by atoms with van der Waals surface area (Å²) in [5, 5.41) is 15.4. The lowest BCUT2D eigenvalue weighted by atomic mass is 10.0. The molecule has 8 nitrogen and oxygen atoms in total. The Balaban J connectivity index is 1.00. The molecule has 7 rings (SSSR count). The molecule has 2 heterocycles. The fourth-order valence-corrected chi connectivity index (χ4v) is 8.10. The van der Waals surface area contributed by atoms with Crippen LogP contribution in [-0.2, 0) is 16.1 Å². The van der Waals surface area contributed by atoms with Crippen LogP contribution in [0.5, 0.6) is 0 Å². The highest BCUT2D eigenvalue weighted by Gasteiger charge is 2.52. The molecule has 1 aromatic heterocycles. The van der Waals surface area contributed by atoms with Crippen LogP contribution in [0, 0.1) is 5.92 Å². The molecule has 220 valence electrons. The Morgan fingerprint density at radius 1 is 1.10 bits per heavy atom. The van der Waals surface area contributed by atoms with Gasteiger partial charge in [0.15, 0.2) is 0 Å². The molecule has 1 saturated heterocycles. The molecule has 0 spiro atoms. The van der Waals surface area contributed by atoms with E-state index in [-0.39, 0.29) is 47.8 Å². The maximum Gasteiger partial charge on any atom is 0.261 e. The molecule has 0 radical (unpaired) electrons. The zero-order chi connectivity index (χ0) is 29.0. The van der Waals surface area contributed by atoms with Crippen molar-refractivity contribution in [1.29, 1.82) is 0 Å². The number of piperidine rings is 1. The number of ether oxygens (including phenoxy) is 1. The second kappa shape index (κ2) is 11.5. The number of halogens is 2. The molecule has 2 aromatic carbocycles. The third kappa shape index (κ3) is 5.24. The second-order valence-electron chi connectivity index (χ2n) is 11.7. The van der Waals surface area contributed by atoms with Crippen molar-refractivity contribution in [2.24, 2.45) is 5.92 Å². The van der Waals surface area contributed by atoms with Gasteiger partial charge in [-0.3, -0.25) is 14.3 Å². The number of anilines is 1. The standard InChI is InChI=1S/C31H31Cl2N3O5S/c32-22-3-1-4-23(33)27(22)28-21(29(41-34-28)16-7-8-16)15-40-25-14-19-13-20(25)31(39)36(19)18-11-9-17(10-12-18)30(38)35-42-26-6-2-5-24(26)37/h1,3-4,9-12,16,19-20,24-26,37H,2,5-8,13-15H2,(H,35,38)/t19-,20+,24+,25+,26+/m0/s1. The minimum absolute atomic E-state index is 0.0340. The van der Waals surface area contributed by atoms with Gasteiger partial charge < -0.3 is 19.3 Å². The zero-order valence-corrected chi connectivity index (χ0v) is 25.1. The number of aliphatic hydroxyl groups is 1. The van der Waals surface area contributed by atoms with E-state index in [2.05, 4.69) is 9.88 Å². The Morgan fingerprint density at radius 2 is 1.86 bits per heavy atom. The number of hydrogen-bond acceptors (Lipinski definition) is 7. The smallest absolute Gasteiger partial charge is 0.261 e. The molecule has 3 saturated carbocycles. The van der Waals surface area contributed by atoms with Gasteiger partial charge in [-0.1, -0.05) is 34.4 Å². The van der Waals surface area contributed by atoms with Crippen LogP contribution in [0.25, 0.3) is 11.3 Å². The summed E-state index contributed by atoms with van der Waals surface area (Å²) < 4.78 is 15.0. The number of amides is 2. The van der Waals surface area contributed by atoms with Gasteiger partial charge in [-0.15, -0.1) is 0 Å². The number of benzene rings is 2. The number of carbonyl (C=O) groups is 2. The summed E-state index contributed by atoms with van der Waals surface area (Å²) in [5.41, 5.74) is 3.40. The van der Waals surface area contributed by atoms with Gasteiger partial charge in [0.1, 0.15) is 11.5 Å². The first-order valence-electron chi connectivity index (χ1n) is 14.5. The van der Waals surface area contributed by atoms with Crippen LogP contribution in [-0.4, -0.2) is 45.6 Å². The minimum atomic E-state index is -0.374. The quantitative estimate of drug-likeness (QED) is 0.260. The Hall–Kier alpha value is -2.56. The summed E-state index contributed by atoms with van der Waals surface area (Å²) in [6.07, 6.45) is 5.62. The molecule has 3 aliphatic carbocycles. The van der Waals surface area contributed by atoms with E-state index < -0.39 is 0 Å². The highest BCUT2D eigenvalue weighted by molar-refractivity contribution is 7.98. The normalized spacial score (nSPS) is 26.8. The monoisotopic (exact) mass is 627 g/mol. The summed E-state index contributed by atoms with van der Waals surface area (Å²) in [6, 6.07) is 12.5. The van der Waals surface area contributed by atoms with Gasteiger partial charge in [0.25, 0.3) is 5.91 Å². The van der Waals surface area contributed by atoms with Crippen molar-refractivity contribution in [2.75, 3.05) is 4.90 Å². The van der Waals surface area contributed by atoms with E-state index >= 15 is 0 Å². The van der Waals surface area contributed by atoms with Crippen molar-refractivity contribution < 1.29 is 24.0 Å². The van der Waals surface area contributed by atoms with E-state index in [1.165, 1.54) is 11.9 Å². The van der Waals surface area contributed by atoms with E-state index in [1.807, 2.05) is 17.0 Å². The minimum Gasteiger partial charge on any atom is -0.392 e. The fraction of sp³-hybridized carbons (Fsp3) is 0.452. The molecular formula is C31H31Cl2N3O5S. The molecule has 11 heteroatoms. The van der Waals surface area contributed by atoms with Gasteiger partial charge in [-0.25, -0.2) is 0 Å². The summed E-state index contributed by atoms with van der Waals surface area (Å²) in [7, 11) is 0. The van der Waals surface area contributed by atoms with E-state index in [0.29, 0.717) is 32.8 Å². The Kier molecular flexibility index (Phi) is 7.73. The van der Waals surface area contributed by atoms with Crippen molar-refractivity contribution in [3.8, 4) is 11.3 Å². The maximum atomic E-state index is 13.5. The predicted molar refractivity (Wildman–Crippen MR) is 162 cm³/mol. The van der Waals surface area contributed by atoms with Gasteiger partial charge in [0.05, 0.1) is 40.0 Å². The molecule has 1 aliphatic heterocycles. The van der Waals surface area contributed by atoms with Crippen LogP contribution < -0.4 is 9.62 Å². The molecule has 2 amide bonds. The third-order valence-electron chi connectivity index (χ3n) is 8.94. The van der Waals surface area contributed by atoms with E-state index in [9.17, 15) is 14.7 Å². The largest absolute Gasteiger partial charge is 0.392 e. The third-order valence-corrected chi connectivity index (χ3v) is 10.7. The number of nitrogens with one attached hydrogen (secondary N) is 1. The number of rotatable bonds is 9. The van der Waals surface area contributed by atoms with Crippen molar-refractivity contribution in [3.05, 3.63) is 69.4 Å². The number of aromatic nitrogens is 1. The summed E-state index contributed by atoms with van der Waals surface area (Å²) >= 11 is 14.3. The average molecular weight is 629 g/mol. The molecule has 5 atom stereocenters. The Morgan fingerprint density at radius 3 is 2.52 bits per heavy atom. The number of aliphatic hydroxyl groups excluding tert-OH is 1. The molecule has 2 N–H and O–H groups in total. The lowest BCUT2D eigenvalue weighted by Gasteiger charge is -2.31. The zero-order valence-electron chi connectivity index (χ0n) is 22.8. The first-order valence-corrected chi connectivity index (χ1v) is 16.1. The van der Waals surface area contributed by atoms with Crippen LogP contribution in [0.4, 0.5) is 5.69 Å². The van der Waals surface area contributed by atoms with Crippen LogP contribution in [0.1, 0.15) is 72.5 Å². The van der Waals surface area contributed by atoms with E-state index in [0.717, 1.165) is 62.0 Å². The highest BCUT2D eigenvalue weighted by atomic mass is 35.5. The number of nitrogens with zero attached hydrogens (tertiary/aromatic N) is 2. The van der Waals surface area contributed by atoms with Gasteiger partial charge >= 0.3 is 0 Å². The Bertz CT molecular complexity index is 1490. The summed E-state index contributed by atoms with van der Waals surface area (Å²) in [4.78, 5) is 28.0. The van der Waals surface area contributed by atoms with Gasteiger partial charge in [0, 0.05) is 34.3 Å². The number of carbonyl (C=O) groups excluding carboxylic acids is 2. The van der Waals surface area contributed by atoms with Crippen molar-refractivity contribution in [2.45, 2.75) is 81.0 Å². The summed E-state index contributed by atoms with van der Waals surface area (Å²) in [5.74, 6) is 0.746.